The molecule has 2 aromatic carbocycles. The Labute approximate surface area is 207 Å². The van der Waals surface area contributed by atoms with Gasteiger partial charge in [0.05, 0.1) is 24.3 Å². The predicted molar refractivity (Wildman–Crippen MR) is 124 cm³/mol. The molecule has 0 aromatic heterocycles. The second kappa shape index (κ2) is 11.2. The molecule has 1 unspecified atom stereocenters. The zero-order chi connectivity index (χ0) is 27.2. The summed E-state index contributed by atoms with van der Waals surface area (Å²) in [6.07, 6.45) is -0.713. The van der Waals surface area contributed by atoms with Crippen molar-refractivity contribution in [2.75, 3.05) is 7.11 Å². The smallest absolute Gasteiger partial charge is 0.416 e. The number of alkyl halides is 6. The van der Waals surface area contributed by atoms with Gasteiger partial charge in [-0.05, 0) is 53.1 Å². The lowest BCUT2D eigenvalue weighted by molar-refractivity contribution is -0.138. The van der Waals surface area contributed by atoms with Gasteiger partial charge in [-0.1, -0.05) is 47.6 Å². The van der Waals surface area contributed by atoms with E-state index in [2.05, 4.69) is 10.5 Å². The molecule has 194 valence electrons. The molecule has 0 heterocycles. The van der Waals surface area contributed by atoms with Crippen molar-refractivity contribution < 1.29 is 41.1 Å². The van der Waals surface area contributed by atoms with E-state index < -0.39 is 35.4 Å². The van der Waals surface area contributed by atoms with E-state index >= 15 is 0 Å². The number of carbonyl (C=O) groups is 1. The van der Waals surface area contributed by atoms with Crippen molar-refractivity contribution in [2.24, 2.45) is 5.16 Å². The van der Waals surface area contributed by atoms with Gasteiger partial charge >= 0.3 is 12.4 Å². The van der Waals surface area contributed by atoms with Crippen LogP contribution in [0.15, 0.2) is 95.9 Å². The topological polar surface area (TPSA) is 70.9 Å². The van der Waals surface area contributed by atoms with E-state index in [4.69, 9.17) is 9.94 Å². The van der Waals surface area contributed by atoms with Crippen LogP contribution in [-0.4, -0.2) is 30.0 Å². The van der Waals surface area contributed by atoms with Crippen LogP contribution in [0.4, 0.5) is 26.3 Å². The van der Waals surface area contributed by atoms with Gasteiger partial charge in [0.1, 0.15) is 11.5 Å². The van der Waals surface area contributed by atoms with Crippen molar-refractivity contribution in [1.82, 2.24) is 5.32 Å². The molecule has 11 heteroatoms. The molecule has 2 aromatic rings. The van der Waals surface area contributed by atoms with E-state index in [1.807, 2.05) is 0 Å². The Morgan fingerprint density at radius 2 is 1.46 bits per heavy atom. The first kappa shape index (κ1) is 27.3. The fourth-order valence-electron chi connectivity index (χ4n) is 3.41. The standard InChI is InChI=1S/C26H20F6N2O3/c1-37-23-15-20(13-14-22(23)34-36)33-24(35)4-2-3-21(16-5-9-18(10-6-16)25(27,28)29)17-7-11-19(12-8-17)26(30,31)32/h2-15,20,36H,1H3,(H,33,35)/b4-2+,34-22+. The van der Waals surface area contributed by atoms with E-state index in [0.29, 0.717) is 16.7 Å². The molecule has 0 saturated carbocycles. The van der Waals surface area contributed by atoms with Crippen molar-refractivity contribution >= 4 is 17.2 Å². The van der Waals surface area contributed by atoms with Crippen molar-refractivity contribution in [3.8, 4) is 0 Å². The van der Waals surface area contributed by atoms with E-state index in [1.54, 1.807) is 6.08 Å². The molecule has 0 spiro atoms. The third-order valence-electron chi connectivity index (χ3n) is 5.24. The highest BCUT2D eigenvalue weighted by Crippen LogP contribution is 2.33. The number of rotatable bonds is 6. The number of nitrogens with one attached hydrogen (secondary N) is 1. The lowest BCUT2D eigenvalue weighted by atomic mass is 9.95. The first-order chi connectivity index (χ1) is 17.4. The lowest BCUT2D eigenvalue weighted by Gasteiger charge is -2.16. The number of hydrogen-bond acceptors (Lipinski definition) is 4. The van der Waals surface area contributed by atoms with Crippen molar-refractivity contribution in [2.45, 2.75) is 18.4 Å². The predicted octanol–water partition coefficient (Wildman–Crippen LogP) is 6.13. The van der Waals surface area contributed by atoms with Gasteiger partial charge in [0.15, 0.2) is 0 Å². The van der Waals surface area contributed by atoms with E-state index in [0.717, 1.165) is 30.3 Å². The average Bonchev–Trinajstić information content (AvgIpc) is 2.85. The molecule has 37 heavy (non-hydrogen) atoms. The number of amides is 1. The molecule has 0 aliphatic heterocycles. The van der Waals surface area contributed by atoms with Crippen molar-refractivity contribution in [3.05, 3.63) is 113 Å². The zero-order valence-electron chi connectivity index (χ0n) is 19.1. The number of halogens is 6. The molecule has 1 atom stereocenters. The van der Waals surface area contributed by atoms with E-state index in [9.17, 15) is 31.1 Å². The number of hydrogen-bond donors (Lipinski definition) is 2. The monoisotopic (exact) mass is 522 g/mol. The molecule has 3 rings (SSSR count). The molecule has 2 N–H and O–H groups in total. The Kier molecular flexibility index (Phi) is 8.26. The van der Waals surface area contributed by atoms with Crippen LogP contribution in [0.25, 0.3) is 5.57 Å². The third kappa shape index (κ3) is 7.12. The Balaban J connectivity index is 1.87. The Hall–Kier alpha value is -4.28. The summed E-state index contributed by atoms with van der Waals surface area (Å²) in [5.74, 6) is -0.299. The Bertz CT molecular complexity index is 1210. The Morgan fingerprint density at radius 1 is 0.946 bits per heavy atom. The molecular weight excluding hydrogens is 502 g/mol. The number of methoxy groups -OCH3 is 1. The van der Waals surface area contributed by atoms with E-state index in [-0.39, 0.29) is 11.5 Å². The minimum absolute atomic E-state index is 0.171. The van der Waals surface area contributed by atoms with Gasteiger partial charge in [-0.2, -0.15) is 26.3 Å². The van der Waals surface area contributed by atoms with Crippen LogP contribution in [-0.2, 0) is 21.9 Å². The van der Waals surface area contributed by atoms with Crippen LogP contribution < -0.4 is 5.32 Å². The zero-order valence-corrected chi connectivity index (χ0v) is 19.1. The minimum atomic E-state index is -4.55. The highest BCUT2D eigenvalue weighted by molar-refractivity contribution is 6.07. The molecule has 1 aliphatic rings. The molecular formula is C26H20F6N2O3. The second-order valence-corrected chi connectivity index (χ2v) is 7.70. The molecule has 0 fully saturated rings. The fourth-order valence-corrected chi connectivity index (χ4v) is 3.41. The largest absolute Gasteiger partial charge is 0.495 e. The highest BCUT2D eigenvalue weighted by atomic mass is 19.4. The summed E-state index contributed by atoms with van der Waals surface area (Å²) in [7, 11) is 1.36. The van der Waals surface area contributed by atoms with Crippen molar-refractivity contribution in [1.29, 1.82) is 0 Å². The average molecular weight is 522 g/mol. The van der Waals surface area contributed by atoms with Crippen LogP contribution in [0.1, 0.15) is 22.3 Å². The Morgan fingerprint density at radius 3 is 1.89 bits per heavy atom. The number of ether oxygens (including phenoxy) is 1. The summed E-state index contributed by atoms with van der Waals surface area (Å²) >= 11 is 0. The maximum absolute atomic E-state index is 13.0. The van der Waals surface area contributed by atoms with Gasteiger partial charge in [0, 0.05) is 6.08 Å². The first-order valence-corrected chi connectivity index (χ1v) is 10.6. The lowest BCUT2D eigenvalue weighted by Crippen LogP contribution is -2.33. The van der Waals surface area contributed by atoms with E-state index in [1.165, 1.54) is 55.7 Å². The van der Waals surface area contributed by atoms with Gasteiger partial charge in [-0.25, -0.2) is 0 Å². The van der Waals surface area contributed by atoms with Gasteiger partial charge < -0.3 is 15.3 Å². The summed E-state index contributed by atoms with van der Waals surface area (Å²) in [5.41, 5.74) is -0.681. The number of oxime groups is 1. The van der Waals surface area contributed by atoms with Crippen LogP contribution in [0.3, 0.4) is 0 Å². The number of benzene rings is 2. The van der Waals surface area contributed by atoms with Crippen LogP contribution in [0.2, 0.25) is 0 Å². The quantitative estimate of drug-likeness (QED) is 0.158. The fraction of sp³-hybridized carbons (Fsp3) is 0.154. The normalized spacial score (nSPS) is 17.0. The highest BCUT2D eigenvalue weighted by Gasteiger charge is 2.31. The molecule has 5 nitrogen and oxygen atoms in total. The maximum Gasteiger partial charge on any atom is 0.416 e. The SMILES string of the molecule is COC1=CC(NC(=O)/C=C/C=C(c2ccc(C(F)(F)F)cc2)c2ccc(C(F)(F)F)cc2)C=C/C1=N\O. The molecule has 0 radical (unpaired) electrons. The second-order valence-electron chi connectivity index (χ2n) is 7.70. The first-order valence-electron chi connectivity index (χ1n) is 10.6. The van der Waals surface area contributed by atoms with Gasteiger partial charge in [0.25, 0.3) is 0 Å². The molecule has 1 aliphatic carbocycles. The van der Waals surface area contributed by atoms with Crippen LogP contribution in [0.5, 0.6) is 0 Å². The number of nitrogens with zero attached hydrogens (tertiary/aromatic N) is 1. The van der Waals surface area contributed by atoms with Crippen molar-refractivity contribution in [3.63, 3.8) is 0 Å². The summed E-state index contributed by atoms with van der Waals surface area (Å²) in [6.45, 7) is 0. The molecule has 0 bridgehead atoms. The van der Waals surface area contributed by atoms with Gasteiger partial charge in [0.2, 0.25) is 5.91 Å². The van der Waals surface area contributed by atoms with Crippen LogP contribution in [0, 0.1) is 0 Å². The summed E-state index contributed by atoms with van der Waals surface area (Å²) in [5, 5.41) is 14.6. The summed E-state index contributed by atoms with van der Waals surface area (Å²) in [4.78, 5) is 12.4. The number of carbonyl (C=O) groups excluding carboxylic acids is 1. The maximum atomic E-state index is 13.0. The van der Waals surface area contributed by atoms with Gasteiger partial charge in [-0.15, -0.1) is 0 Å². The van der Waals surface area contributed by atoms with Crippen LogP contribution >= 0.6 is 0 Å². The molecule has 1 amide bonds. The molecule has 0 saturated heterocycles. The number of allylic oxidation sites excluding steroid dienone is 3. The van der Waals surface area contributed by atoms with Gasteiger partial charge in [-0.3, -0.25) is 4.79 Å². The third-order valence-corrected chi connectivity index (χ3v) is 5.24. The summed E-state index contributed by atoms with van der Waals surface area (Å²) in [6, 6.07) is 7.67. The summed E-state index contributed by atoms with van der Waals surface area (Å²) < 4.78 is 82.8. The minimum Gasteiger partial charge on any atom is -0.495 e.